The van der Waals surface area contributed by atoms with Crippen LogP contribution in [0.25, 0.3) is 0 Å². The summed E-state index contributed by atoms with van der Waals surface area (Å²) in [6.07, 6.45) is 0. The highest BCUT2D eigenvalue weighted by molar-refractivity contribution is 7.08. The van der Waals surface area contributed by atoms with Crippen LogP contribution in [0.15, 0.2) is 10.8 Å². The van der Waals surface area contributed by atoms with Gasteiger partial charge in [0.15, 0.2) is 0 Å². The Morgan fingerprint density at radius 2 is 2.45 bits per heavy atom. The predicted molar refractivity (Wildman–Crippen MR) is 42.4 cm³/mol. The molecule has 0 aliphatic rings. The monoisotopic (exact) mass is 172 g/mol. The van der Waals surface area contributed by atoms with Gasteiger partial charge in [-0.25, -0.2) is 4.79 Å². The number of thiophene rings is 1. The minimum absolute atomic E-state index is 0.247. The van der Waals surface area contributed by atoms with Crippen LogP contribution < -0.4 is 4.74 Å². The lowest BCUT2D eigenvalue weighted by Crippen LogP contribution is -1.99. The number of rotatable bonds is 3. The molecule has 0 amide bonds. The maximum Gasteiger partial charge on any atom is 0.340 e. The van der Waals surface area contributed by atoms with Crippen molar-refractivity contribution in [1.29, 1.82) is 0 Å². The van der Waals surface area contributed by atoms with E-state index in [4.69, 9.17) is 9.84 Å². The molecule has 3 nitrogen and oxygen atoms in total. The summed E-state index contributed by atoms with van der Waals surface area (Å²) in [6.45, 7) is 2.32. The van der Waals surface area contributed by atoms with E-state index < -0.39 is 5.97 Å². The van der Waals surface area contributed by atoms with E-state index in [-0.39, 0.29) is 5.56 Å². The van der Waals surface area contributed by atoms with Crippen molar-refractivity contribution in [2.45, 2.75) is 6.92 Å². The van der Waals surface area contributed by atoms with E-state index >= 15 is 0 Å². The summed E-state index contributed by atoms with van der Waals surface area (Å²) >= 11 is 1.33. The number of aromatic carboxylic acids is 1. The van der Waals surface area contributed by atoms with Crippen molar-refractivity contribution < 1.29 is 14.6 Å². The molecular formula is C7H8O3S. The van der Waals surface area contributed by atoms with Crippen molar-refractivity contribution in [3.63, 3.8) is 0 Å². The number of ether oxygens (including phenoxy) is 1. The summed E-state index contributed by atoms with van der Waals surface area (Å²) in [6, 6.07) is 0. The SMILES string of the molecule is CCOc1cscc1C(=O)O. The van der Waals surface area contributed by atoms with Gasteiger partial charge in [0.05, 0.1) is 6.61 Å². The van der Waals surface area contributed by atoms with Gasteiger partial charge in [0.1, 0.15) is 11.3 Å². The number of carbonyl (C=O) groups is 1. The van der Waals surface area contributed by atoms with Gasteiger partial charge in [-0.05, 0) is 6.92 Å². The van der Waals surface area contributed by atoms with E-state index in [1.54, 1.807) is 10.8 Å². The first-order valence-electron chi connectivity index (χ1n) is 3.18. The van der Waals surface area contributed by atoms with Gasteiger partial charge in [-0.3, -0.25) is 0 Å². The molecule has 0 spiro atoms. The minimum atomic E-state index is -0.935. The Labute approximate surface area is 68.2 Å². The molecule has 0 aromatic carbocycles. The van der Waals surface area contributed by atoms with E-state index in [1.807, 2.05) is 6.92 Å². The molecule has 0 radical (unpaired) electrons. The van der Waals surface area contributed by atoms with Crippen molar-refractivity contribution in [1.82, 2.24) is 0 Å². The summed E-state index contributed by atoms with van der Waals surface area (Å²) in [5.41, 5.74) is 0.247. The molecule has 4 heteroatoms. The fourth-order valence-electron chi connectivity index (χ4n) is 0.708. The zero-order valence-corrected chi connectivity index (χ0v) is 6.85. The molecule has 1 rings (SSSR count). The average Bonchev–Trinajstić information content (AvgIpc) is 2.36. The maximum absolute atomic E-state index is 10.5. The maximum atomic E-state index is 10.5. The standard InChI is InChI=1S/C7H8O3S/c1-2-10-6-4-11-3-5(6)7(8)9/h3-4H,2H2,1H3,(H,8,9). The fraction of sp³-hybridized carbons (Fsp3) is 0.286. The lowest BCUT2D eigenvalue weighted by Gasteiger charge is -1.99. The molecule has 60 valence electrons. The topological polar surface area (TPSA) is 46.5 Å². The Hall–Kier alpha value is -1.03. The Morgan fingerprint density at radius 1 is 1.73 bits per heavy atom. The smallest absolute Gasteiger partial charge is 0.340 e. The van der Waals surface area contributed by atoms with Crippen LogP contribution in [-0.4, -0.2) is 17.7 Å². The second-order valence-corrected chi connectivity index (χ2v) is 2.63. The third kappa shape index (κ3) is 1.71. The molecular weight excluding hydrogens is 164 g/mol. The van der Waals surface area contributed by atoms with Crippen LogP contribution in [0, 0.1) is 0 Å². The van der Waals surface area contributed by atoms with Crippen LogP contribution in [0.5, 0.6) is 5.75 Å². The molecule has 0 fully saturated rings. The molecule has 0 aliphatic heterocycles. The van der Waals surface area contributed by atoms with E-state index in [9.17, 15) is 4.79 Å². The first kappa shape index (κ1) is 8.07. The Morgan fingerprint density at radius 3 is 3.00 bits per heavy atom. The molecule has 1 aromatic heterocycles. The van der Waals surface area contributed by atoms with Gasteiger partial charge >= 0.3 is 5.97 Å². The number of carboxylic acids is 1. The summed E-state index contributed by atoms with van der Waals surface area (Å²) < 4.78 is 5.07. The van der Waals surface area contributed by atoms with E-state index in [1.165, 1.54) is 11.3 Å². The van der Waals surface area contributed by atoms with E-state index in [2.05, 4.69) is 0 Å². The van der Waals surface area contributed by atoms with Gasteiger partial charge < -0.3 is 9.84 Å². The zero-order chi connectivity index (χ0) is 8.27. The molecule has 0 bridgehead atoms. The lowest BCUT2D eigenvalue weighted by atomic mass is 10.3. The fourth-order valence-corrected chi connectivity index (χ4v) is 1.45. The quantitative estimate of drug-likeness (QED) is 0.756. The van der Waals surface area contributed by atoms with Crippen LogP contribution >= 0.6 is 11.3 Å². The van der Waals surface area contributed by atoms with Gasteiger partial charge in [-0.2, -0.15) is 0 Å². The molecule has 11 heavy (non-hydrogen) atoms. The average molecular weight is 172 g/mol. The first-order chi connectivity index (χ1) is 5.25. The number of hydrogen-bond acceptors (Lipinski definition) is 3. The predicted octanol–water partition coefficient (Wildman–Crippen LogP) is 1.84. The van der Waals surface area contributed by atoms with Crippen molar-refractivity contribution in [2.75, 3.05) is 6.61 Å². The largest absolute Gasteiger partial charge is 0.492 e. The van der Waals surface area contributed by atoms with Crippen LogP contribution in [-0.2, 0) is 0 Å². The van der Waals surface area contributed by atoms with E-state index in [0.29, 0.717) is 12.4 Å². The van der Waals surface area contributed by atoms with Crippen LogP contribution in [0.2, 0.25) is 0 Å². The first-order valence-corrected chi connectivity index (χ1v) is 4.12. The van der Waals surface area contributed by atoms with Gasteiger partial charge in [0, 0.05) is 10.8 Å². The summed E-state index contributed by atoms with van der Waals surface area (Å²) in [4.78, 5) is 10.5. The second-order valence-electron chi connectivity index (χ2n) is 1.89. The Kier molecular flexibility index (Phi) is 2.48. The van der Waals surface area contributed by atoms with Gasteiger partial charge in [0.25, 0.3) is 0 Å². The highest BCUT2D eigenvalue weighted by Gasteiger charge is 2.10. The van der Waals surface area contributed by atoms with Crippen molar-refractivity contribution in [3.8, 4) is 5.75 Å². The summed E-state index contributed by atoms with van der Waals surface area (Å²) in [5, 5.41) is 11.9. The third-order valence-electron chi connectivity index (χ3n) is 1.16. The normalized spacial score (nSPS) is 9.55. The molecule has 0 saturated carbocycles. The van der Waals surface area contributed by atoms with Crippen LogP contribution in [0.1, 0.15) is 17.3 Å². The molecule has 0 aliphatic carbocycles. The Bertz CT molecular complexity index is 254. The third-order valence-corrected chi connectivity index (χ3v) is 1.88. The number of hydrogen-bond donors (Lipinski definition) is 1. The summed E-state index contributed by atoms with van der Waals surface area (Å²) in [7, 11) is 0. The zero-order valence-electron chi connectivity index (χ0n) is 6.03. The second kappa shape index (κ2) is 3.39. The highest BCUT2D eigenvalue weighted by Crippen LogP contribution is 2.22. The molecule has 1 N–H and O–H groups in total. The highest BCUT2D eigenvalue weighted by atomic mass is 32.1. The molecule has 1 aromatic rings. The van der Waals surface area contributed by atoms with Crippen molar-refractivity contribution in [3.05, 3.63) is 16.3 Å². The van der Waals surface area contributed by atoms with Gasteiger partial charge in [-0.15, -0.1) is 11.3 Å². The molecule has 0 saturated heterocycles. The summed E-state index contributed by atoms with van der Waals surface area (Å²) in [5.74, 6) is -0.472. The minimum Gasteiger partial charge on any atom is -0.492 e. The molecule has 0 unspecified atom stereocenters. The van der Waals surface area contributed by atoms with Gasteiger partial charge in [0.2, 0.25) is 0 Å². The van der Waals surface area contributed by atoms with Gasteiger partial charge in [-0.1, -0.05) is 0 Å². The number of carboxylic acid groups (broad SMARTS) is 1. The Balaban J connectivity index is 2.87. The van der Waals surface area contributed by atoms with Crippen LogP contribution in [0.4, 0.5) is 0 Å². The lowest BCUT2D eigenvalue weighted by molar-refractivity contribution is 0.0693. The van der Waals surface area contributed by atoms with Crippen molar-refractivity contribution in [2.24, 2.45) is 0 Å². The van der Waals surface area contributed by atoms with E-state index in [0.717, 1.165) is 0 Å². The van der Waals surface area contributed by atoms with Crippen molar-refractivity contribution >= 4 is 17.3 Å². The molecule has 1 heterocycles. The molecule has 0 atom stereocenters. The van der Waals surface area contributed by atoms with Crippen LogP contribution in [0.3, 0.4) is 0 Å².